The van der Waals surface area contributed by atoms with Crippen molar-refractivity contribution in [3.8, 4) is 0 Å². The third kappa shape index (κ3) is 1.66. The van der Waals surface area contributed by atoms with Crippen LogP contribution in [0, 0.1) is 0 Å². The van der Waals surface area contributed by atoms with Crippen molar-refractivity contribution >= 4 is 17.5 Å². The zero-order valence-electron chi connectivity index (χ0n) is 13.3. The average molecular weight is 326 g/mol. The van der Waals surface area contributed by atoms with Gasteiger partial charge in [-0.2, -0.15) is 0 Å². The van der Waals surface area contributed by atoms with Gasteiger partial charge in [-0.1, -0.05) is 60.7 Å². The number of amides is 2. The summed E-state index contributed by atoms with van der Waals surface area (Å²) >= 11 is 0. The third-order valence-corrected chi connectivity index (χ3v) is 4.96. The first-order chi connectivity index (χ1) is 12.2. The molecule has 0 aliphatic carbocycles. The maximum Gasteiger partial charge on any atom is 0.261 e. The third-order valence-electron chi connectivity index (χ3n) is 4.96. The summed E-state index contributed by atoms with van der Waals surface area (Å²) in [6.45, 7) is 0. The second-order valence-corrected chi connectivity index (χ2v) is 6.23. The number of carbonyl (C=O) groups excluding carboxylic acids is 2. The summed E-state index contributed by atoms with van der Waals surface area (Å²) in [7, 11) is 0. The number of nitrogens with one attached hydrogen (secondary N) is 1. The first kappa shape index (κ1) is 14.0. The Morgan fingerprint density at radius 3 is 2.16 bits per heavy atom. The summed E-state index contributed by atoms with van der Waals surface area (Å²) in [6.07, 6.45) is 0. The van der Waals surface area contributed by atoms with Gasteiger partial charge in [0.15, 0.2) is 5.66 Å². The Labute approximate surface area is 144 Å². The van der Waals surface area contributed by atoms with Crippen molar-refractivity contribution in [3.05, 3.63) is 101 Å². The van der Waals surface area contributed by atoms with Gasteiger partial charge in [0.25, 0.3) is 11.8 Å². The molecule has 2 aliphatic rings. The molecule has 0 fully saturated rings. The van der Waals surface area contributed by atoms with Crippen molar-refractivity contribution in [2.24, 2.45) is 0 Å². The van der Waals surface area contributed by atoms with E-state index in [1.807, 2.05) is 72.8 Å². The number of nitrogens with zero attached hydrogens (tertiary/aromatic N) is 1. The molecule has 1 N–H and O–H groups in total. The van der Waals surface area contributed by atoms with E-state index >= 15 is 0 Å². The van der Waals surface area contributed by atoms with E-state index in [0.29, 0.717) is 16.8 Å². The summed E-state index contributed by atoms with van der Waals surface area (Å²) < 4.78 is 0. The van der Waals surface area contributed by atoms with Crippen LogP contribution in [-0.2, 0) is 5.66 Å². The molecule has 2 aliphatic heterocycles. The minimum absolute atomic E-state index is 0.105. The Balaban J connectivity index is 1.90. The van der Waals surface area contributed by atoms with Crippen molar-refractivity contribution in [2.45, 2.75) is 5.66 Å². The molecular formula is C21H14N2O2. The van der Waals surface area contributed by atoms with Crippen LogP contribution in [-0.4, -0.2) is 11.8 Å². The number of hydrogen-bond acceptors (Lipinski definition) is 2. The largest absolute Gasteiger partial charge is 0.321 e. The van der Waals surface area contributed by atoms with Gasteiger partial charge in [-0.3, -0.25) is 14.5 Å². The lowest BCUT2D eigenvalue weighted by atomic mass is 9.88. The van der Waals surface area contributed by atoms with E-state index in [-0.39, 0.29) is 11.8 Å². The molecule has 1 atom stereocenters. The Kier molecular flexibility index (Phi) is 2.69. The van der Waals surface area contributed by atoms with Crippen molar-refractivity contribution in [1.29, 1.82) is 0 Å². The molecule has 3 aromatic carbocycles. The van der Waals surface area contributed by atoms with E-state index in [4.69, 9.17) is 0 Å². The van der Waals surface area contributed by atoms with Gasteiger partial charge in [-0.15, -0.1) is 0 Å². The van der Waals surface area contributed by atoms with Crippen LogP contribution in [0.25, 0.3) is 0 Å². The number of rotatable bonds is 1. The molecule has 0 spiro atoms. The second kappa shape index (κ2) is 4.80. The lowest BCUT2D eigenvalue weighted by Gasteiger charge is -2.44. The van der Waals surface area contributed by atoms with Crippen LogP contribution in [0.4, 0.5) is 5.69 Å². The molecule has 0 radical (unpaired) electrons. The Bertz CT molecular complexity index is 1030. The maximum absolute atomic E-state index is 13.3. The van der Waals surface area contributed by atoms with Gasteiger partial charge in [0.2, 0.25) is 0 Å². The van der Waals surface area contributed by atoms with Crippen molar-refractivity contribution in [2.75, 3.05) is 4.90 Å². The standard InChI is InChI=1S/C21H14N2O2/c24-19-16-11-5-7-13-18(16)23-20(25)15-10-4-6-12-17(15)21(23,22-19)14-8-2-1-3-9-14/h1-13H,(H,22,24)/t21-/m0/s1. The van der Waals surface area contributed by atoms with E-state index in [2.05, 4.69) is 5.32 Å². The Morgan fingerprint density at radius 1 is 0.720 bits per heavy atom. The van der Waals surface area contributed by atoms with Crippen LogP contribution < -0.4 is 10.2 Å². The number of carbonyl (C=O) groups is 2. The smallest absolute Gasteiger partial charge is 0.261 e. The average Bonchev–Trinajstić information content (AvgIpc) is 2.93. The summed E-state index contributed by atoms with van der Waals surface area (Å²) in [5, 5.41) is 3.12. The van der Waals surface area contributed by atoms with E-state index < -0.39 is 5.66 Å². The fourth-order valence-electron chi connectivity index (χ4n) is 3.92. The second-order valence-electron chi connectivity index (χ2n) is 6.23. The fourth-order valence-corrected chi connectivity index (χ4v) is 3.92. The summed E-state index contributed by atoms with van der Waals surface area (Å²) in [4.78, 5) is 27.8. The highest BCUT2D eigenvalue weighted by Crippen LogP contribution is 2.48. The Hall–Kier alpha value is -3.40. The van der Waals surface area contributed by atoms with E-state index in [1.165, 1.54) is 0 Å². The van der Waals surface area contributed by atoms with Crippen LogP contribution >= 0.6 is 0 Å². The predicted octanol–water partition coefficient (Wildman–Crippen LogP) is 3.29. The van der Waals surface area contributed by atoms with Gasteiger partial charge in [-0.25, -0.2) is 0 Å². The van der Waals surface area contributed by atoms with Crippen LogP contribution in [0.3, 0.4) is 0 Å². The zero-order chi connectivity index (χ0) is 17.0. The summed E-state index contributed by atoms with van der Waals surface area (Å²) in [5.41, 5.74) is 2.40. The number of fused-ring (bicyclic) bond motifs is 5. The molecule has 120 valence electrons. The molecule has 0 unspecified atom stereocenters. The van der Waals surface area contributed by atoms with Gasteiger partial charge in [-0.05, 0) is 18.2 Å². The molecule has 2 amide bonds. The fraction of sp³-hybridized carbons (Fsp3) is 0.0476. The van der Waals surface area contributed by atoms with Crippen molar-refractivity contribution in [3.63, 3.8) is 0 Å². The SMILES string of the molecule is O=C1N[C@]2(c3ccccc3)c3ccccc3C(=O)N2c2ccccc21. The molecule has 25 heavy (non-hydrogen) atoms. The maximum atomic E-state index is 13.3. The van der Waals surface area contributed by atoms with Crippen molar-refractivity contribution < 1.29 is 9.59 Å². The Morgan fingerprint density at radius 2 is 1.36 bits per heavy atom. The topological polar surface area (TPSA) is 49.4 Å². The monoisotopic (exact) mass is 326 g/mol. The quantitative estimate of drug-likeness (QED) is 0.746. The molecule has 0 bridgehead atoms. The highest BCUT2D eigenvalue weighted by atomic mass is 16.2. The molecule has 3 aromatic rings. The van der Waals surface area contributed by atoms with Gasteiger partial charge in [0.1, 0.15) is 0 Å². The normalized spacial score (nSPS) is 20.6. The summed E-state index contributed by atoms with van der Waals surface area (Å²) in [5.74, 6) is -0.285. The number of para-hydroxylation sites is 1. The van der Waals surface area contributed by atoms with Crippen molar-refractivity contribution in [1.82, 2.24) is 5.32 Å². The number of benzene rings is 3. The first-order valence-corrected chi connectivity index (χ1v) is 8.14. The zero-order valence-corrected chi connectivity index (χ0v) is 13.3. The molecule has 2 heterocycles. The predicted molar refractivity (Wildman–Crippen MR) is 94.4 cm³/mol. The first-order valence-electron chi connectivity index (χ1n) is 8.14. The van der Waals surface area contributed by atoms with Crippen LogP contribution in [0.15, 0.2) is 78.9 Å². The van der Waals surface area contributed by atoms with Crippen LogP contribution in [0.2, 0.25) is 0 Å². The molecule has 0 aromatic heterocycles. The van der Waals surface area contributed by atoms with E-state index in [1.54, 1.807) is 11.0 Å². The lowest BCUT2D eigenvalue weighted by Crippen LogP contribution is -2.60. The molecular weight excluding hydrogens is 312 g/mol. The minimum Gasteiger partial charge on any atom is -0.321 e. The van der Waals surface area contributed by atoms with E-state index in [0.717, 1.165) is 11.1 Å². The summed E-state index contributed by atoms with van der Waals surface area (Å²) in [6, 6.07) is 24.3. The van der Waals surface area contributed by atoms with E-state index in [9.17, 15) is 9.59 Å². The van der Waals surface area contributed by atoms with Gasteiger partial charge in [0.05, 0.1) is 11.3 Å². The van der Waals surface area contributed by atoms with Crippen LogP contribution in [0.5, 0.6) is 0 Å². The molecule has 0 saturated heterocycles. The highest BCUT2D eigenvalue weighted by Gasteiger charge is 2.55. The number of anilines is 1. The van der Waals surface area contributed by atoms with Gasteiger partial charge >= 0.3 is 0 Å². The molecule has 4 nitrogen and oxygen atoms in total. The van der Waals surface area contributed by atoms with Gasteiger partial charge < -0.3 is 5.32 Å². The minimum atomic E-state index is -1.01. The molecule has 4 heteroatoms. The molecule has 0 saturated carbocycles. The van der Waals surface area contributed by atoms with Crippen LogP contribution in [0.1, 0.15) is 31.8 Å². The highest BCUT2D eigenvalue weighted by molar-refractivity contribution is 6.18. The lowest BCUT2D eigenvalue weighted by molar-refractivity contribution is 0.0878. The molecule has 5 rings (SSSR count). The van der Waals surface area contributed by atoms with Gasteiger partial charge in [0, 0.05) is 16.7 Å². The number of hydrogen-bond donors (Lipinski definition) is 1.